The Morgan fingerprint density at radius 3 is 2.65 bits per heavy atom. The number of hydrogen-bond donors (Lipinski definition) is 0. The molecule has 1 aromatic rings. The Morgan fingerprint density at radius 1 is 1.30 bits per heavy atom. The van der Waals surface area contributed by atoms with Gasteiger partial charge in [-0.15, -0.1) is 0 Å². The van der Waals surface area contributed by atoms with Crippen LogP contribution in [-0.4, -0.2) is 25.1 Å². The van der Waals surface area contributed by atoms with Crippen LogP contribution in [0, 0.1) is 17.3 Å². The van der Waals surface area contributed by atoms with E-state index in [1.54, 1.807) is 0 Å². The van der Waals surface area contributed by atoms with Gasteiger partial charge in [0.2, 0.25) is 0 Å². The highest BCUT2D eigenvalue weighted by molar-refractivity contribution is 5.61. The lowest BCUT2D eigenvalue weighted by Gasteiger charge is -2.28. The summed E-state index contributed by atoms with van der Waals surface area (Å²) in [6.07, 6.45) is 0.959. The molecule has 0 saturated heterocycles. The lowest BCUT2D eigenvalue weighted by Crippen LogP contribution is -2.33. The summed E-state index contributed by atoms with van der Waals surface area (Å²) in [6.45, 7) is 7.24. The van der Waals surface area contributed by atoms with E-state index in [1.807, 2.05) is 12.1 Å². The Bertz CT molecular complexity index is 648. The van der Waals surface area contributed by atoms with Crippen LogP contribution >= 0.6 is 0 Å². The summed E-state index contributed by atoms with van der Waals surface area (Å²) in [5, 5.41) is 0. The molecule has 124 valence electrons. The molecule has 0 unspecified atom stereocenters. The molecule has 1 saturated carbocycles. The zero-order valence-corrected chi connectivity index (χ0v) is 14.0. The molecule has 1 aliphatic carbocycles. The maximum absolute atomic E-state index is 13.7. The first kappa shape index (κ1) is 16.3. The van der Waals surface area contributed by atoms with Gasteiger partial charge in [0.1, 0.15) is 0 Å². The Balaban J connectivity index is 1.99. The predicted octanol–water partition coefficient (Wildman–Crippen LogP) is 4.22. The fourth-order valence-electron chi connectivity index (χ4n) is 3.09. The van der Waals surface area contributed by atoms with Crippen LogP contribution in [-0.2, 0) is 11.3 Å². The van der Waals surface area contributed by atoms with Crippen molar-refractivity contribution in [3.05, 3.63) is 29.3 Å². The smallest absolute Gasteiger partial charge is 0.261 e. The van der Waals surface area contributed by atoms with Gasteiger partial charge in [-0.25, -0.2) is 8.78 Å². The second-order valence-electron chi connectivity index (χ2n) is 6.86. The average Bonchev–Trinajstić information content (AvgIpc) is 3.28. The van der Waals surface area contributed by atoms with E-state index in [4.69, 9.17) is 4.74 Å². The molecule has 0 amide bonds. The minimum absolute atomic E-state index is 0.355. The van der Waals surface area contributed by atoms with Crippen molar-refractivity contribution in [3.63, 3.8) is 0 Å². The number of fused-ring (bicyclic) bond motifs is 1. The summed E-state index contributed by atoms with van der Waals surface area (Å²) in [7, 11) is 0. The molecule has 1 fully saturated rings. The van der Waals surface area contributed by atoms with Crippen LogP contribution in [0.1, 0.15) is 44.7 Å². The molecular weight excluding hydrogens is 296 g/mol. The topological polar surface area (TPSA) is 12.5 Å². The standard InChI is InChI=1S/C19H23F2NO/c1-14(2)22-11-12-23-13-16-15(5-4-6-17(16)22)7-8-19(9-10-19)18(3,20)21/h4-6,14H,9-13H2,1-3H3. The van der Waals surface area contributed by atoms with Crippen LogP contribution in [0.5, 0.6) is 0 Å². The second kappa shape index (κ2) is 5.79. The highest BCUT2D eigenvalue weighted by Crippen LogP contribution is 2.56. The van der Waals surface area contributed by atoms with Crippen molar-refractivity contribution in [2.75, 3.05) is 18.1 Å². The van der Waals surface area contributed by atoms with Gasteiger partial charge in [-0.05, 0) is 38.8 Å². The van der Waals surface area contributed by atoms with Crippen LogP contribution in [0.4, 0.5) is 14.5 Å². The van der Waals surface area contributed by atoms with Crippen molar-refractivity contribution in [1.29, 1.82) is 0 Å². The minimum atomic E-state index is -2.74. The van der Waals surface area contributed by atoms with Crippen LogP contribution in [0.15, 0.2) is 18.2 Å². The molecule has 3 rings (SSSR count). The van der Waals surface area contributed by atoms with E-state index in [9.17, 15) is 8.78 Å². The van der Waals surface area contributed by atoms with E-state index < -0.39 is 11.3 Å². The predicted molar refractivity (Wildman–Crippen MR) is 87.7 cm³/mol. The van der Waals surface area contributed by atoms with E-state index in [-0.39, 0.29) is 0 Å². The number of rotatable bonds is 2. The van der Waals surface area contributed by atoms with Gasteiger partial charge < -0.3 is 9.64 Å². The summed E-state index contributed by atoms with van der Waals surface area (Å²) in [5.41, 5.74) is 1.81. The first-order valence-corrected chi connectivity index (χ1v) is 8.21. The molecule has 0 radical (unpaired) electrons. The molecule has 0 atom stereocenters. The summed E-state index contributed by atoms with van der Waals surface area (Å²) < 4.78 is 33.1. The summed E-state index contributed by atoms with van der Waals surface area (Å²) in [5.74, 6) is 3.16. The molecule has 2 nitrogen and oxygen atoms in total. The Kier molecular flexibility index (Phi) is 4.10. The third-order valence-corrected chi connectivity index (χ3v) is 4.83. The first-order chi connectivity index (χ1) is 10.8. The van der Waals surface area contributed by atoms with Gasteiger partial charge in [0, 0.05) is 36.3 Å². The molecule has 0 bridgehead atoms. The van der Waals surface area contributed by atoms with Crippen LogP contribution < -0.4 is 4.90 Å². The minimum Gasteiger partial charge on any atom is -0.375 e. The fraction of sp³-hybridized carbons (Fsp3) is 0.579. The number of alkyl halides is 2. The molecule has 0 aromatic heterocycles. The van der Waals surface area contributed by atoms with Crippen LogP contribution in [0.25, 0.3) is 0 Å². The molecule has 0 N–H and O–H groups in total. The van der Waals surface area contributed by atoms with E-state index in [0.29, 0.717) is 32.1 Å². The third kappa shape index (κ3) is 3.07. The van der Waals surface area contributed by atoms with Crippen molar-refractivity contribution in [2.24, 2.45) is 5.41 Å². The van der Waals surface area contributed by atoms with Crippen LogP contribution in [0.3, 0.4) is 0 Å². The quantitative estimate of drug-likeness (QED) is 0.757. The molecule has 4 heteroatoms. The normalized spacial score (nSPS) is 19.7. The zero-order chi connectivity index (χ0) is 16.7. The largest absolute Gasteiger partial charge is 0.375 e. The van der Waals surface area contributed by atoms with Crippen LogP contribution in [0.2, 0.25) is 0 Å². The van der Waals surface area contributed by atoms with Gasteiger partial charge in [-0.1, -0.05) is 17.9 Å². The summed E-state index contributed by atoms with van der Waals surface area (Å²) in [6, 6.07) is 6.28. The monoisotopic (exact) mass is 319 g/mol. The number of benzene rings is 1. The number of nitrogens with zero attached hydrogens (tertiary/aromatic N) is 1. The average molecular weight is 319 g/mol. The zero-order valence-electron chi connectivity index (χ0n) is 14.0. The summed E-state index contributed by atoms with van der Waals surface area (Å²) >= 11 is 0. The van der Waals surface area contributed by atoms with Gasteiger partial charge in [-0.2, -0.15) is 0 Å². The third-order valence-electron chi connectivity index (χ3n) is 4.83. The molecule has 1 aliphatic heterocycles. The van der Waals surface area contributed by atoms with E-state index in [2.05, 4.69) is 36.7 Å². The Labute approximate surface area is 136 Å². The van der Waals surface area contributed by atoms with Gasteiger partial charge in [0.05, 0.1) is 18.6 Å². The lowest BCUT2D eigenvalue weighted by molar-refractivity contribution is -0.0294. The number of halogens is 2. The molecule has 1 aromatic carbocycles. The van der Waals surface area contributed by atoms with Crippen molar-refractivity contribution in [2.45, 2.75) is 52.2 Å². The molecule has 2 aliphatic rings. The van der Waals surface area contributed by atoms with E-state index >= 15 is 0 Å². The number of anilines is 1. The maximum atomic E-state index is 13.7. The van der Waals surface area contributed by atoms with Gasteiger partial charge in [0.15, 0.2) is 0 Å². The van der Waals surface area contributed by atoms with E-state index in [0.717, 1.165) is 30.3 Å². The van der Waals surface area contributed by atoms with Gasteiger partial charge in [-0.3, -0.25) is 0 Å². The highest BCUT2D eigenvalue weighted by atomic mass is 19.3. The number of ether oxygens (including phenoxy) is 1. The van der Waals surface area contributed by atoms with Crippen molar-refractivity contribution in [1.82, 2.24) is 0 Å². The van der Waals surface area contributed by atoms with Crippen molar-refractivity contribution in [3.8, 4) is 11.8 Å². The molecular formula is C19H23F2NO. The van der Waals surface area contributed by atoms with Gasteiger partial charge in [0.25, 0.3) is 5.92 Å². The molecule has 0 spiro atoms. The van der Waals surface area contributed by atoms with E-state index in [1.165, 1.54) is 0 Å². The van der Waals surface area contributed by atoms with Crippen molar-refractivity contribution >= 4 is 5.69 Å². The SMILES string of the molecule is CC(C)N1CCOCc2c(C#CC3(C(C)(F)F)CC3)cccc21. The highest BCUT2D eigenvalue weighted by Gasteiger charge is 2.58. The van der Waals surface area contributed by atoms with Crippen molar-refractivity contribution < 1.29 is 13.5 Å². The Morgan fingerprint density at radius 2 is 2.04 bits per heavy atom. The molecule has 1 heterocycles. The first-order valence-electron chi connectivity index (χ1n) is 8.21. The summed E-state index contributed by atoms with van der Waals surface area (Å²) in [4.78, 5) is 2.29. The maximum Gasteiger partial charge on any atom is 0.261 e. The second-order valence-corrected chi connectivity index (χ2v) is 6.86. The van der Waals surface area contributed by atoms with Gasteiger partial charge >= 0.3 is 0 Å². The fourth-order valence-corrected chi connectivity index (χ4v) is 3.09. The lowest BCUT2D eigenvalue weighted by atomic mass is 9.98. The molecule has 23 heavy (non-hydrogen) atoms. The Hall–Kier alpha value is -1.60. The number of hydrogen-bond acceptors (Lipinski definition) is 2.